The van der Waals surface area contributed by atoms with Crippen molar-refractivity contribution in [1.82, 2.24) is 9.21 Å². The number of rotatable bonds is 4. The maximum atomic E-state index is 12.8. The van der Waals surface area contributed by atoms with E-state index in [2.05, 4.69) is 4.90 Å². The Labute approximate surface area is 141 Å². The first-order valence-corrected chi connectivity index (χ1v) is 9.73. The van der Waals surface area contributed by atoms with E-state index in [4.69, 9.17) is 4.74 Å². The summed E-state index contributed by atoms with van der Waals surface area (Å²) in [4.78, 5) is 2.18. The number of nitrogens with zero attached hydrogens (tertiary/aromatic N) is 2. The van der Waals surface area contributed by atoms with Crippen LogP contribution in [0.25, 0.3) is 0 Å². The van der Waals surface area contributed by atoms with Crippen molar-refractivity contribution in [1.29, 1.82) is 0 Å². The standard InChI is InChI=1S/C16H20N2O3S2/c1-17-9-10-18(23(19,20)16-8-5-11-22-16)12-14(17)13-6-3-4-7-15(13)21-2/h3-8,11,14H,9-10,12H2,1-2H3. The molecule has 2 aromatic rings. The van der Waals surface area contributed by atoms with Gasteiger partial charge in [0, 0.05) is 25.2 Å². The monoisotopic (exact) mass is 352 g/mol. The van der Waals surface area contributed by atoms with Gasteiger partial charge in [-0.3, -0.25) is 4.90 Å². The highest BCUT2D eigenvalue weighted by Crippen LogP contribution is 2.33. The molecule has 0 spiro atoms. The second-order valence-electron chi connectivity index (χ2n) is 5.53. The average Bonchev–Trinajstić information content (AvgIpc) is 3.10. The van der Waals surface area contributed by atoms with Crippen molar-refractivity contribution in [2.24, 2.45) is 0 Å². The van der Waals surface area contributed by atoms with Crippen LogP contribution in [0.4, 0.5) is 0 Å². The molecule has 1 aromatic heterocycles. The number of thiophene rings is 1. The number of para-hydroxylation sites is 1. The smallest absolute Gasteiger partial charge is 0.252 e. The molecule has 1 atom stereocenters. The van der Waals surface area contributed by atoms with Crippen molar-refractivity contribution >= 4 is 21.4 Å². The van der Waals surface area contributed by atoms with Crippen LogP contribution in [-0.4, -0.2) is 51.4 Å². The van der Waals surface area contributed by atoms with Crippen LogP contribution in [0, 0.1) is 0 Å². The number of methoxy groups -OCH3 is 1. The summed E-state index contributed by atoms with van der Waals surface area (Å²) < 4.78 is 33.0. The molecule has 124 valence electrons. The molecule has 3 rings (SSSR count). The third kappa shape index (κ3) is 3.14. The SMILES string of the molecule is COc1ccccc1C1CN(S(=O)(=O)c2cccs2)CCN1C. The molecule has 0 radical (unpaired) electrons. The number of likely N-dealkylation sites (N-methyl/N-ethyl adjacent to an activating group) is 1. The van der Waals surface area contributed by atoms with Gasteiger partial charge < -0.3 is 4.74 Å². The third-order valence-electron chi connectivity index (χ3n) is 4.20. The Morgan fingerprint density at radius 3 is 2.65 bits per heavy atom. The lowest BCUT2D eigenvalue weighted by Crippen LogP contribution is -2.48. The Morgan fingerprint density at radius 1 is 1.17 bits per heavy atom. The topological polar surface area (TPSA) is 49.9 Å². The van der Waals surface area contributed by atoms with E-state index in [1.54, 1.807) is 28.9 Å². The zero-order valence-corrected chi connectivity index (χ0v) is 14.8. The normalized spacial score (nSPS) is 20.5. The maximum Gasteiger partial charge on any atom is 0.252 e. The fraction of sp³-hybridized carbons (Fsp3) is 0.375. The van der Waals surface area contributed by atoms with Gasteiger partial charge in [0.25, 0.3) is 10.0 Å². The summed E-state index contributed by atoms with van der Waals surface area (Å²) in [5.74, 6) is 0.791. The average molecular weight is 352 g/mol. The molecule has 5 nitrogen and oxygen atoms in total. The van der Waals surface area contributed by atoms with Gasteiger partial charge >= 0.3 is 0 Å². The van der Waals surface area contributed by atoms with E-state index in [0.717, 1.165) is 11.3 Å². The van der Waals surface area contributed by atoms with Crippen LogP contribution in [0.2, 0.25) is 0 Å². The molecule has 0 N–H and O–H groups in total. The molecule has 1 saturated heterocycles. The summed E-state index contributed by atoms with van der Waals surface area (Å²) in [5.41, 5.74) is 1.02. The molecule has 1 aromatic carbocycles. The van der Waals surface area contributed by atoms with E-state index >= 15 is 0 Å². The molecule has 7 heteroatoms. The quantitative estimate of drug-likeness (QED) is 0.848. The van der Waals surface area contributed by atoms with E-state index in [1.807, 2.05) is 31.3 Å². The Kier molecular flexibility index (Phi) is 4.72. The minimum Gasteiger partial charge on any atom is -0.496 e. The zero-order chi connectivity index (χ0) is 16.4. The zero-order valence-electron chi connectivity index (χ0n) is 13.2. The van der Waals surface area contributed by atoms with Crippen LogP contribution in [0.3, 0.4) is 0 Å². The van der Waals surface area contributed by atoms with Gasteiger partial charge in [-0.2, -0.15) is 4.31 Å². The highest BCUT2D eigenvalue weighted by Gasteiger charge is 2.34. The largest absolute Gasteiger partial charge is 0.496 e. The number of benzene rings is 1. The highest BCUT2D eigenvalue weighted by atomic mass is 32.2. The minimum absolute atomic E-state index is 0.0189. The van der Waals surface area contributed by atoms with Gasteiger partial charge in [-0.15, -0.1) is 11.3 Å². The summed E-state index contributed by atoms with van der Waals surface area (Å²) >= 11 is 1.26. The highest BCUT2D eigenvalue weighted by molar-refractivity contribution is 7.91. The summed E-state index contributed by atoms with van der Waals surface area (Å²) in [6.45, 7) is 1.62. The van der Waals surface area contributed by atoms with E-state index in [9.17, 15) is 8.42 Å². The van der Waals surface area contributed by atoms with Crippen LogP contribution in [0.5, 0.6) is 5.75 Å². The Bertz CT molecular complexity index is 759. The van der Waals surface area contributed by atoms with Crippen LogP contribution < -0.4 is 4.74 Å². The van der Waals surface area contributed by atoms with Crippen LogP contribution in [-0.2, 0) is 10.0 Å². The van der Waals surface area contributed by atoms with Crippen molar-refractivity contribution in [3.63, 3.8) is 0 Å². The van der Waals surface area contributed by atoms with Crippen molar-refractivity contribution in [3.8, 4) is 5.75 Å². The molecule has 1 unspecified atom stereocenters. The van der Waals surface area contributed by atoms with Gasteiger partial charge in [0.1, 0.15) is 9.96 Å². The lowest BCUT2D eigenvalue weighted by molar-refractivity contribution is 0.146. The molecule has 0 saturated carbocycles. The molecule has 1 aliphatic rings. The third-order valence-corrected chi connectivity index (χ3v) is 7.44. The lowest BCUT2D eigenvalue weighted by Gasteiger charge is -2.39. The molecule has 0 aliphatic carbocycles. The molecular weight excluding hydrogens is 332 g/mol. The van der Waals surface area contributed by atoms with Crippen molar-refractivity contribution in [2.75, 3.05) is 33.8 Å². The van der Waals surface area contributed by atoms with E-state index < -0.39 is 10.0 Å². The summed E-state index contributed by atoms with van der Waals surface area (Å²) in [6, 6.07) is 11.2. The summed E-state index contributed by atoms with van der Waals surface area (Å²) in [6.07, 6.45) is 0. The molecule has 23 heavy (non-hydrogen) atoms. The number of sulfonamides is 1. The number of piperazine rings is 1. The molecule has 1 fully saturated rings. The fourth-order valence-corrected chi connectivity index (χ4v) is 5.46. The lowest BCUT2D eigenvalue weighted by atomic mass is 10.0. The van der Waals surface area contributed by atoms with Gasteiger partial charge in [0.05, 0.1) is 13.2 Å². The van der Waals surface area contributed by atoms with Gasteiger partial charge in [-0.25, -0.2) is 8.42 Å². The first-order valence-electron chi connectivity index (χ1n) is 7.41. The van der Waals surface area contributed by atoms with Crippen LogP contribution in [0.15, 0.2) is 46.0 Å². The first-order chi connectivity index (χ1) is 11.0. The Morgan fingerprint density at radius 2 is 1.96 bits per heavy atom. The van der Waals surface area contributed by atoms with Crippen molar-refractivity contribution in [2.45, 2.75) is 10.3 Å². The van der Waals surface area contributed by atoms with Gasteiger partial charge in [-0.1, -0.05) is 24.3 Å². The van der Waals surface area contributed by atoms with E-state index in [1.165, 1.54) is 11.3 Å². The molecular formula is C16H20N2O3S2. The van der Waals surface area contributed by atoms with E-state index in [-0.39, 0.29) is 6.04 Å². The van der Waals surface area contributed by atoms with Crippen molar-refractivity contribution < 1.29 is 13.2 Å². The Hall–Kier alpha value is -1.41. The predicted molar refractivity (Wildman–Crippen MR) is 91.4 cm³/mol. The predicted octanol–water partition coefficient (Wildman–Crippen LogP) is 2.43. The van der Waals surface area contributed by atoms with E-state index in [0.29, 0.717) is 23.8 Å². The van der Waals surface area contributed by atoms with Crippen LogP contribution in [0.1, 0.15) is 11.6 Å². The first kappa shape index (κ1) is 16.4. The number of hydrogen-bond donors (Lipinski definition) is 0. The minimum atomic E-state index is -3.42. The molecule has 0 amide bonds. The van der Waals surface area contributed by atoms with Gasteiger partial charge in [0.2, 0.25) is 0 Å². The summed E-state index contributed by atoms with van der Waals surface area (Å²) in [7, 11) is 0.242. The molecule has 1 aliphatic heterocycles. The Balaban J connectivity index is 1.91. The number of ether oxygens (including phenoxy) is 1. The second kappa shape index (κ2) is 6.60. The maximum absolute atomic E-state index is 12.8. The van der Waals surface area contributed by atoms with Gasteiger partial charge in [0.15, 0.2) is 0 Å². The molecule has 0 bridgehead atoms. The number of hydrogen-bond acceptors (Lipinski definition) is 5. The summed E-state index contributed by atoms with van der Waals surface area (Å²) in [5, 5.41) is 1.79. The van der Waals surface area contributed by atoms with Crippen LogP contribution >= 0.6 is 11.3 Å². The van der Waals surface area contributed by atoms with Gasteiger partial charge in [-0.05, 0) is 24.6 Å². The fourth-order valence-electron chi connectivity index (χ4n) is 2.88. The van der Waals surface area contributed by atoms with Crippen molar-refractivity contribution in [3.05, 3.63) is 47.3 Å². The molecule has 2 heterocycles. The second-order valence-corrected chi connectivity index (χ2v) is 8.65.